The van der Waals surface area contributed by atoms with Crippen molar-refractivity contribution in [2.75, 3.05) is 0 Å². The largest absolute Gasteiger partial charge is 0.400 e. The number of nitrogens with zero attached hydrogens (tertiary/aromatic N) is 4. The summed E-state index contributed by atoms with van der Waals surface area (Å²) in [4.78, 5) is 3.77. The van der Waals surface area contributed by atoms with Crippen molar-refractivity contribution in [1.29, 1.82) is 0 Å². The van der Waals surface area contributed by atoms with Gasteiger partial charge >= 0.3 is 6.18 Å². The summed E-state index contributed by atoms with van der Waals surface area (Å²) in [5.41, 5.74) is 6.57. The zero-order valence-corrected chi connectivity index (χ0v) is 11.6. The van der Waals surface area contributed by atoms with Crippen LogP contribution in [0.4, 0.5) is 13.2 Å². The highest BCUT2D eigenvalue weighted by molar-refractivity contribution is 6.31. The van der Waals surface area contributed by atoms with Crippen LogP contribution in [0.5, 0.6) is 0 Å². The van der Waals surface area contributed by atoms with Crippen molar-refractivity contribution in [3.8, 4) is 0 Å². The van der Waals surface area contributed by atoms with Gasteiger partial charge in [-0.1, -0.05) is 19.8 Å². The van der Waals surface area contributed by atoms with Gasteiger partial charge in [0.05, 0.1) is 6.21 Å². The topological polar surface area (TPSA) is 78.4 Å². The monoisotopic (exact) mass is 302 g/mol. The Hall–Kier alpha value is -1.64. The second-order valence-corrected chi connectivity index (χ2v) is 5.79. The standard InChI is InChI=1S/C12H17F3N6/c1-8-4-2-3-5-10(8,11(13,14)15)12(16)20-19-9-6-17-7-18-21(9)12/h6-8,20H,2-5,16H2,1H3. The molecule has 3 aliphatic rings. The average Bonchev–Trinajstić information content (AvgIpc) is 2.77. The summed E-state index contributed by atoms with van der Waals surface area (Å²) < 4.78 is 42.1. The minimum Gasteiger partial charge on any atom is -0.288 e. The predicted molar refractivity (Wildman–Crippen MR) is 72.4 cm³/mol. The van der Waals surface area contributed by atoms with Crippen molar-refractivity contribution >= 4 is 18.4 Å². The molecule has 0 aromatic rings. The lowest BCUT2D eigenvalue weighted by molar-refractivity contribution is -0.294. The molecule has 0 amide bonds. The van der Waals surface area contributed by atoms with Crippen LogP contribution in [0.25, 0.3) is 0 Å². The number of fused-ring (bicyclic) bond motifs is 1. The number of hydrogen-bond donors (Lipinski definition) is 2. The Kier molecular flexibility index (Phi) is 3.01. The van der Waals surface area contributed by atoms with E-state index in [4.69, 9.17) is 5.73 Å². The molecule has 3 unspecified atom stereocenters. The van der Waals surface area contributed by atoms with Crippen LogP contribution in [0.1, 0.15) is 32.6 Å². The van der Waals surface area contributed by atoms with Gasteiger partial charge in [-0.25, -0.2) is 10.0 Å². The van der Waals surface area contributed by atoms with Gasteiger partial charge in [0, 0.05) is 0 Å². The van der Waals surface area contributed by atoms with Crippen molar-refractivity contribution in [3.05, 3.63) is 0 Å². The highest BCUT2D eigenvalue weighted by Crippen LogP contribution is 2.58. The van der Waals surface area contributed by atoms with Crippen LogP contribution in [0, 0.1) is 11.3 Å². The molecule has 0 saturated heterocycles. The molecule has 3 N–H and O–H groups in total. The van der Waals surface area contributed by atoms with E-state index < -0.39 is 23.3 Å². The molecular formula is C12H17F3N6. The number of nitrogens with one attached hydrogen (secondary N) is 1. The fourth-order valence-electron chi connectivity index (χ4n) is 3.67. The summed E-state index contributed by atoms with van der Waals surface area (Å²) in [6.07, 6.45) is -0.283. The van der Waals surface area contributed by atoms with Crippen LogP contribution in [-0.4, -0.2) is 35.4 Å². The number of rotatable bonds is 1. The Morgan fingerprint density at radius 3 is 2.86 bits per heavy atom. The van der Waals surface area contributed by atoms with E-state index in [1.165, 1.54) is 12.6 Å². The van der Waals surface area contributed by atoms with E-state index in [2.05, 4.69) is 20.6 Å². The second-order valence-electron chi connectivity index (χ2n) is 5.79. The van der Waals surface area contributed by atoms with Crippen LogP contribution in [-0.2, 0) is 0 Å². The molecule has 3 atom stereocenters. The number of amidine groups is 1. The molecule has 1 aliphatic carbocycles. The highest BCUT2D eigenvalue weighted by Gasteiger charge is 2.72. The number of hydrazone groups is 2. The van der Waals surface area contributed by atoms with Gasteiger partial charge in [-0.2, -0.15) is 23.4 Å². The third-order valence-electron chi connectivity index (χ3n) is 4.80. The molecule has 21 heavy (non-hydrogen) atoms. The Morgan fingerprint density at radius 1 is 1.43 bits per heavy atom. The zero-order valence-electron chi connectivity index (χ0n) is 11.6. The lowest BCUT2D eigenvalue weighted by atomic mass is 9.62. The summed E-state index contributed by atoms with van der Waals surface area (Å²) in [5.74, 6) is -2.36. The van der Waals surface area contributed by atoms with E-state index in [9.17, 15) is 13.2 Å². The maximum Gasteiger partial charge on any atom is 0.400 e. The Morgan fingerprint density at radius 2 is 2.19 bits per heavy atom. The first-order valence-corrected chi connectivity index (χ1v) is 6.89. The fraction of sp³-hybridized carbons (Fsp3) is 0.750. The summed E-state index contributed by atoms with van der Waals surface area (Å²) in [5, 5.41) is 8.89. The van der Waals surface area contributed by atoms with E-state index in [1.807, 2.05) is 0 Å². The van der Waals surface area contributed by atoms with Crippen LogP contribution in [0.15, 0.2) is 15.2 Å². The second kappa shape index (κ2) is 4.43. The van der Waals surface area contributed by atoms with Crippen LogP contribution in [0.3, 0.4) is 0 Å². The molecule has 6 nitrogen and oxygen atoms in total. The Labute approximate surface area is 120 Å². The molecule has 0 spiro atoms. The molecule has 0 aromatic heterocycles. The minimum absolute atomic E-state index is 0.0485. The van der Waals surface area contributed by atoms with Gasteiger partial charge in [-0.05, 0) is 18.8 Å². The van der Waals surface area contributed by atoms with Gasteiger partial charge < -0.3 is 0 Å². The number of hydrogen-bond acceptors (Lipinski definition) is 6. The van der Waals surface area contributed by atoms with Crippen molar-refractivity contribution in [3.63, 3.8) is 0 Å². The van der Waals surface area contributed by atoms with E-state index in [-0.39, 0.29) is 12.3 Å². The first-order valence-electron chi connectivity index (χ1n) is 6.89. The third kappa shape index (κ3) is 1.73. The van der Waals surface area contributed by atoms with Crippen molar-refractivity contribution < 1.29 is 13.2 Å². The van der Waals surface area contributed by atoms with Gasteiger partial charge in [0.25, 0.3) is 0 Å². The summed E-state index contributed by atoms with van der Waals surface area (Å²) >= 11 is 0. The number of halogens is 3. The molecule has 116 valence electrons. The van der Waals surface area contributed by atoms with Crippen molar-refractivity contribution in [2.45, 2.75) is 44.6 Å². The maximum absolute atomic E-state index is 14.0. The van der Waals surface area contributed by atoms with E-state index in [0.717, 1.165) is 11.4 Å². The van der Waals surface area contributed by atoms with Crippen LogP contribution in [0.2, 0.25) is 0 Å². The third-order valence-corrected chi connectivity index (χ3v) is 4.80. The molecule has 3 rings (SSSR count). The first kappa shape index (κ1) is 14.3. The van der Waals surface area contributed by atoms with Crippen LogP contribution >= 0.6 is 0 Å². The Bertz CT molecular complexity index is 528. The fourth-order valence-corrected chi connectivity index (χ4v) is 3.67. The smallest absolute Gasteiger partial charge is 0.288 e. The summed E-state index contributed by atoms with van der Waals surface area (Å²) in [6, 6.07) is 0. The molecule has 1 saturated carbocycles. The molecule has 0 radical (unpaired) electrons. The van der Waals surface area contributed by atoms with Gasteiger partial charge in [0.1, 0.15) is 11.8 Å². The molecule has 0 bridgehead atoms. The zero-order chi connectivity index (χ0) is 15.3. The molecule has 2 heterocycles. The van der Waals surface area contributed by atoms with Gasteiger partial charge in [0.15, 0.2) is 5.84 Å². The molecular weight excluding hydrogens is 285 g/mol. The molecule has 2 aliphatic heterocycles. The lowest BCUT2D eigenvalue weighted by Crippen LogP contribution is -2.76. The SMILES string of the molecule is CC1CCCCC1(C(F)(F)F)C1(N)NN=C2C=NC=NN21. The van der Waals surface area contributed by atoms with E-state index in [1.54, 1.807) is 6.92 Å². The van der Waals surface area contributed by atoms with Crippen molar-refractivity contribution in [1.82, 2.24) is 10.4 Å². The van der Waals surface area contributed by atoms with E-state index in [0.29, 0.717) is 12.8 Å². The Balaban J connectivity index is 2.09. The maximum atomic E-state index is 14.0. The number of aliphatic imine (C=N–C) groups is 1. The molecule has 1 fully saturated rings. The minimum atomic E-state index is -4.47. The number of alkyl halides is 3. The quantitative estimate of drug-likeness (QED) is 0.772. The predicted octanol–water partition coefficient (Wildman–Crippen LogP) is 1.60. The lowest BCUT2D eigenvalue weighted by Gasteiger charge is -2.54. The number of nitrogens with two attached hydrogens (primary N) is 1. The van der Waals surface area contributed by atoms with Gasteiger partial charge in [-0.15, -0.1) is 0 Å². The molecule has 9 heteroatoms. The van der Waals surface area contributed by atoms with Gasteiger partial charge in [0.2, 0.25) is 5.79 Å². The first-order chi connectivity index (χ1) is 9.83. The highest BCUT2D eigenvalue weighted by atomic mass is 19.4. The van der Waals surface area contributed by atoms with E-state index >= 15 is 0 Å². The van der Waals surface area contributed by atoms with Gasteiger partial charge in [-0.3, -0.25) is 11.2 Å². The average molecular weight is 302 g/mol. The summed E-state index contributed by atoms with van der Waals surface area (Å²) in [7, 11) is 0. The summed E-state index contributed by atoms with van der Waals surface area (Å²) in [6.45, 7) is 1.60. The van der Waals surface area contributed by atoms with Crippen LogP contribution < -0.4 is 11.2 Å². The molecule has 0 aromatic carbocycles. The normalized spacial score (nSPS) is 39.0. The van der Waals surface area contributed by atoms with Crippen molar-refractivity contribution in [2.24, 2.45) is 32.3 Å².